The van der Waals surface area contributed by atoms with Gasteiger partial charge in [0, 0.05) is 11.9 Å². The van der Waals surface area contributed by atoms with E-state index >= 15 is 0 Å². The largest absolute Gasteiger partial charge is 0.465 e. The lowest BCUT2D eigenvalue weighted by Gasteiger charge is -2.10. The number of carbonyl (C=O) groups is 2. The van der Waals surface area contributed by atoms with E-state index in [2.05, 4.69) is 4.98 Å². The van der Waals surface area contributed by atoms with Gasteiger partial charge < -0.3 is 9.53 Å². The van der Waals surface area contributed by atoms with E-state index in [1.165, 1.54) is 0 Å². The standard InChI is InChI=1S/C13H17NO3/c1-4-17-13(16)12(8-15)6-11-5-9(2)10(3)14-7-11/h5,7-8,12H,4,6H2,1-3H3. The van der Waals surface area contributed by atoms with Gasteiger partial charge in [-0.3, -0.25) is 9.78 Å². The van der Waals surface area contributed by atoms with E-state index < -0.39 is 11.9 Å². The van der Waals surface area contributed by atoms with Gasteiger partial charge in [0.2, 0.25) is 0 Å². The van der Waals surface area contributed by atoms with Gasteiger partial charge in [0.05, 0.1) is 6.61 Å². The number of rotatable bonds is 5. The maximum absolute atomic E-state index is 11.5. The Bertz CT molecular complexity index is 415. The molecule has 0 saturated heterocycles. The molecule has 0 bridgehead atoms. The summed E-state index contributed by atoms with van der Waals surface area (Å²) in [6, 6.07) is 1.94. The zero-order chi connectivity index (χ0) is 12.8. The summed E-state index contributed by atoms with van der Waals surface area (Å²) in [5.74, 6) is -1.21. The van der Waals surface area contributed by atoms with Crippen molar-refractivity contribution in [2.75, 3.05) is 6.61 Å². The summed E-state index contributed by atoms with van der Waals surface area (Å²) >= 11 is 0. The Morgan fingerprint density at radius 3 is 2.76 bits per heavy atom. The van der Waals surface area contributed by atoms with Crippen molar-refractivity contribution < 1.29 is 14.3 Å². The topological polar surface area (TPSA) is 56.3 Å². The minimum atomic E-state index is -0.737. The number of aryl methyl sites for hydroxylation is 2. The van der Waals surface area contributed by atoms with Gasteiger partial charge in [-0.05, 0) is 38.3 Å². The van der Waals surface area contributed by atoms with Crippen LogP contribution >= 0.6 is 0 Å². The number of hydrogen-bond acceptors (Lipinski definition) is 4. The number of ether oxygens (including phenoxy) is 1. The number of nitrogens with zero attached hydrogens (tertiary/aromatic N) is 1. The van der Waals surface area contributed by atoms with Crippen LogP contribution in [0.5, 0.6) is 0 Å². The van der Waals surface area contributed by atoms with E-state index in [4.69, 9.17) is 4.74 Å². The van der Waals surface area contributed by atoms with Gasteiger partial charge in [-0.25, -0.2) is 0 Å². The molecule has 0 fully saturated rings. The fourth-order valence-electron chi connectivity index (χ4n) is 1.50. The van der Waals surface area contributed by atoms with Crippen LogP contribution in [0.15, 0.2) is 12.3 Å². The predicted octanol–water partition coefficient (Wildman–Crippen LogP) is 1.62. The summed E-state index contributed by atoms with van der Waals surface area (Å²) in [6.45, 7) is 5.87. The number of aromatic nitrogens is 1. The maximum atomic E-state index is 11.5. The number of carbonyl (C=O) groups excluding carboxylic acids is 2. The van der Waals surface area contributed by atoms with Crippen molar-refractivity contribution in [3.63, 3.8) is 0 Å². The highest BCUT2D eigenvalue weighted by atomic mass is 16.5. The van der Waals surface area contributed by atoms with Crippen molar-refractivity contribution in [3.8, 4) is 0 Å². The third-order valence-corrected chi connectivity index (χ3v) is 2.61. The predicted molar refractivity (Wildman–Crippen MR) is 63.6 cm³/mol. The normalized spacial score (nSPS) is 11.9. The lowest BCUT2D eigenvalue weighted by atomic mass is 10.0. The molecule has 4 heteroatoms. The first-order chi connectivity index (χ1) is 8.08. The van der Waals surface area contributed by atoms with Gasteiger partial charge in [0.25, 0.3) is 0 Å². The lowest BCUT2D eigenvalue weighted by molar-refractivity contribution is -0.149. The summed E-state index contributed by atoms with van der Waals surface area (Å²) in [6.07, 6.45) is 2.67. The second-order valence-electron chi connectivity index (χ2n) is 3.94. The van der Waals surface area contributed by atoms with E-state index in [1.807, 2.05) is 19.9 Å². The van der Waals surface area contributed by atoms with Crippen LogP contribution in [0.1, 0.15) is 23.7 Å². The molecule has 0 aliphatic heterocycles. The smallest absolute Gasteiger partial charge is 0.316 e. The van der Waals surface area contributed by atoms with Crippen molar-refractivity contribution in [3.05, 3.63) is 29.1 Å². The Kier molecular flexibility index (Phi) is 4.82. The maximum Gasteiger partial charge on any atom is 0.316 e. The summed E-state index contributed by atoms with van der Waals surface area (Å²) < 4.78 is 4.83. The van der Waals surface area contributed by atoms with Crippen molar-refractivity contribution in [1.29, 1.82) is 0 Å². The zero-order valence-electron chi connectivity index (χ0n) is 10.4. The van der Waals surface area contributed by atoms with E-state index in [0.717, 1.165) is 16.8 Å². The first kappa shape index (κ1) is 13.4. The quantitative estimate of drug-likeness (QED) is 0.442. The molecule has 17 heavy (non-hydrogen) atoms. The molecule has 0 N–H and O–H groups in total. The molecule has 0 saturated carbocycles. The molecule has 1 aromatic heterocycles. The highest BCUT2D eigenvalue weighted by molar-refractivity contribution is 5.88. The molecule has 1 aromatic rings. The second kappa shape index (κ2) is 6.13. The fraction of sp³-hybridized carbons (Fsp3) is 0.462. The van der Waals surface area contributed by atoms with Crippen LogP contribution in [0.2, 0.25) is 0 Å². The van der Waals surface area contributed by atoms with Crippen LogP contribution < -0.4 is 0 Å². The molecule has 1 atom stereocenters. The average molecular weight is 235 g/mol. The van der Waals surface area contributed by atoms with Crippen LogP contribution in [-0.4, -0.2) is 23.8 Å². The highest BCUT2D eigenvalue weighted by Crippen LogP contribution is 2.12. The Morgan fingerprint density at radius 2 is 2.24 bits per heavy atom. The lowest BCUT2D eigenvalue weighted by Crippen LogP contribution is -2.21. The molecule has 0 spiro atoms. The molecular formula is C13H17NO3. The molecule has 0 aliphatic carbocycles. The summed E-state index contributed by atoms with van der Waals surface area (Å²) in [5, 5.41) is 0. The highest BCUT2D eigenvalue weighted by Gasteiger charge is 2.19. The van der Waals surface area contributed by atoms with Crippen molar-refractivity contribution in [1.82, 2.24) is 4.98 Å². The summed E-state index contributed by atoms with van der Waals surface area (Å²) in [5.41, 5.74) is 2.88. The van der Waals surface area contributed by atoms with Gasteiger partial charge >= 0.3 is 5.97 Å². The first-order valence-corrected chi connectivity index (χ1v) is 5.62. The Balaban J connectivity index is 2.77. The van der Waals surface area contributed by atoms with E-state index in [9.17, 15) is 9.59 Å². The fourth-order valence-corrected chi connectivity index (χ4v) is 1.50. The molecule has 4 nitrogen and oxygen atoms in total. The molecule has 0 amide bonds. The van der Waals surface area contributed by atoms with E-state index in [0.29, 0.717) is 12.7 Å². The number of esters is 1. The number of hydrogen-bond donors (Lipinski definition) is 0. The molecular weight excluding hydrogens is 218 g/mol. The van der Waals surface area contributed by atoms with Crippen LogP contribution in [0.4, 0.5) is 0 Å². The third kappa shape index (κ3) is 3.66. The Hall–Kier alpha value is -1.71. The molecule has 0 aliphatic rings. The van der Waals surface area contributed by atoms with Gasteiger partial charge in [-0.1, -0.05) is 6.07 Å². The molecule has 1 unspecified atom stereocenters. The van der Waals surface area contributed by atoms with Crippen LogP contribution in [0.3, 0.4) is 0 Å². The van der Waals surface area contributed by atoms with Crippen LogP contribution in [0.25, 0.3) is 0 Å². The number of aldehydes is 1. The number of pyridine rings is 1. The van der Waals surface area contributed by atoms with Gasteiger partial charge in [-0.15, -0.1) is 0 Å². The Labute approximate surface area is 101 Å². The molecule has 1 heterocycles. The molecule has 1 rings (SSSR count). The van der Waals surface area contributed by atoms with Gasteiger partial charge in [-0.2, -0.15) is 0 Å². The minimum Gasteiger partial charge on any atom is -0.465 e. The second-order valence-corrected chi connectivity index (χ2v) is 3.94. The molecule has 92 valence electrons. The monoisotopic (exact) mass is 235 g/mol. The van der Waals surface area contributed by atoms with Gasteiger partial charge in [0.15, 0.2) is 0 Å². The van der Waals surface area contributed by atoms with Crippen molar-refractivity contribution in [2.45, 2.75) is 27.2 Å². The van der Waals surface area contributed by atoms with Crippen molar-refractivity contribution in [2.24, 2.45) is 5.92 Å². The van der Waals surface area contributed by atoms with Gasteiger partial charge in [0.1, 0.15) is 12.2 Å². The van der Waals surface area contributed by atoms with Crippen molar-refractivity contribution >= 4 is 12.3 Å². The van der Waals surface area contributed by atoms with E-state index in [-0.39, 0.29) is 6.61 Å². The Morgan fingerprint density at radius 1 is 1.53 bits per heavy atom. The third-order valence-electron chi connectivity index (χ3n) is 2.61. The SMILES string of the molecule is CCOC(=O)C(C=O)Cc1cnc(C)c(C)c1. The summed E-state index contributed by atoms with van der Waals surface area (Å²) in [7, 11) is 0. The average Bonchev–Trinajstić information content (AvgIpc) is 2.30. The molecule has 0 aromatic carbocycles. The van der Waals surface area contributed by atoms with Crippen LogP contribution in [-0.2, 0) is 20.7 Å². The zero-order valence-corrected chi connectivity index (χ0v) is 10.4. The van der Waals surface area contributed by atoms with Crippen LogP contribution in [0, 0.1) is 19.8 Å². The minimum absolute atomic E-state index is 0.286. The molecule has 0 radical (unpaired) electrons. The van der Waals surface area contributed by atoms with E-state index in [1.54, 1.807) is 13.1 Å². The summed E-state index contributed by atoms with van der Waals surface area (Å²) in [4.78, 5) is 26.5. The first-order valence-electron chi connectivity index (χ1n) is 5.62.